The van der Waals surface area contributed by atoms with Crippen LogP contribution >= 0.6 is 0 Å². The van der Waals surface area contributed by atoms with E-state index in [9.17, 15) is 30.3 Å². The van der Waals surface area contributed by atoms with Crippen molar-refractivity contribution in [1.82, 2.24) is 5.32 Å². The van der Waals surface area contributed by atoms with Crippen LogP contribution in [-0.2, 0) is 14.3 Å². The largest absolute Gasteiger partial charge is 0.394 e. The molecule has 0 aliphatic carbocycles. The zero-order valence-corrected chi connectivity index (χ0v) is 39.7. The van der Waals surface area contributed by atoms with E-state index < -0.39 is 49.5 Å². The lowest BCUT2D eigenvalue weighted by atomic mass is 9.99. The summed E-state index contributed by atoms with van der Waals surface area (Å²) < 4.78 is 11.2. The highest BCUT2D eigenvalue weighted by Crippen LogP contribution is 2.23. The first kappa shape index (κ1) is 57.7. The first-order valence-electron chi connectivity index (χ1n) is 26.1. The van der Waals surface area contributed by atoms with Crippen molar-refractivity contribution in [1.29, 1.82) is 0 Å². The summed E-state index contributed by atoms with van der Waals surface area (Å²) in [6, 6.07) is -0.815. The van der Waals surface area contributed by atoms with Crippen molar-refractivity contribution >= 4 is 5.91 Å². The summed E-state index contributed by atoms with van der Waals surface area (Å²) in [7, 11) is 0. The number of nitrogens with one attached hydrogen (secondary N) is 1. The highest BCUT2D eigenvalue weighted by atomic mass is 16.7. The van der Waals surface area contributed by atoms with E-state index in [1.807, 2.05) is 6.08 Å². The third-order valence-electron chi connectivity index (χ3n) is 12.5. The Bertz CT molecular complexity index is 1010. The number of amides is 1. The molecule has 0 spiro atoms. The minimum atomic E-state index is -1.57. The second-order valence-electron chi connectivity index (χ2n) is 18.3. The number of carbonyl (C=O) groups excluding carboxylic acids is 1. The van der Waals surface area contributed by atoms with E-state index in [2.05, 4.69) is 31.3 Å². The average Bonchev–Trinajstić information content (AvgIpc) is 3.26. The van der Waals surface area contributed by atoms with Gasteiger partial charge in [-0.25, -0.2) is 0 Å². The summed E-state index contributed by atoms with van der Waals surface area (Å²) in [6.45, 7) is 3.70. The maximum Gasteiger partial charge on any atom is 0.220 e. The zero-order valence-electron chi connectivity index (χ0n) is 39.7. The number of rotatable bonds is 44. The van der Waals surface area contributed by atoms with Crippen LogP contribution in [0.2, 0.25) is 0 Å². The van der Waals surface area contributed by atoms with E-state index in [0.717, 1.165) is 44.9 Å². The Morgan fingerprint density at radius 1 is 0.541 bits per heavy atom. The molecule has 7 atom stereocenters. The fourth-order valence-corrected chi connectivity index (χ4v) is 8.34. The van der Waals surface area contributed by atoms with Crippen LogP contribution in [0.15, 0.2) is 24.3 Å². The minimum absolute atomic E-state index is 0.186. The van der Waals surface area contributed by atoms with Crippen molar-refractivity contribution < 1.29 is 39.8 Å². The fraction of sp³-hybridized carbons (Fsp3) is 0.904. The molecule has 0 saturated carbocycles. The molecule has 0 aromatic heterocycles. The molecule has 61 heavy (non-hydrogen) atoms. The van der Waals surface area contributed by atoms with Crippen molar-refractivity contribution in [3.05, 3.63) is 24.3 Å². The first-order chi connectivity index (χ1) is 29.8. The lowest BCUT2D eigenvalue weighted by Gasteiger charge is -2.40. The van der Waals surface area contributed by atoms with Gasteiger partial charge in [0.15, 0.2) is 6.29 Å². The van der Waals surface area contributed by atoms with Gasteiger partial charge in [-0.2, -0.15) is 0 Å². The van der Waals surface area contributed by atoms with Crippen LogP contribution in [0.25, 0.3) is 0 Å². The van der Waals surface area contributed by atoms with Crippen molar-refractivity contribution in [2.75, 3.05) is 13.2 Å². The summed E-state index contributed by atoms with van der Waals surface area (Å²) in [6.07, 6.45) is 45.7. The molecule has 1 aliphatic heterocycles. The van der Waals surface area contributed by atoms with Crippen molar-refractivity contribution in [2.45, 2.75) is 288 Å². The van der Waals surface area contributed by atoms with Gasteiger partial charge < -0.3 is 40.3 Å². The molecule has 1 aliphatic rings. The van der Waals surface area contributed by atoms with Gasteiger partial charge in [-0.3, -0.25) is 4.79 Å². The van der Waals surface area contributed by atoms with E-state index in [-0.39, 0.29) is 12.5 Å². The monoisotopic (exact) mass is 866 g/mol. The van der Waals surface area contributed by atoms with Crippen molar-refractivity contribution in [2.24, 2.45) is 0 Å². The molecule has 6 N–H and O–H groups in total. The second kappa shape index (κ2) is 42.6. The van der Waals surface area contributed by atoms with Gasteiger partial charge in [0.25, 0.3) is 0 Å². The Morgan fingerprint density at radius 3 is 1.36 bits per heavy atom. The number of ether oxygens (including phenoxy) is 2. The average molecular weight is 866 g/mol. The summed E-state index contributed by atoms with van der Waals surface area (Å²) in [5.41, 5.74) is 0. The van der Waals surface area contributed by atoms with E-state index >= 15 is 0 Å². The molecule has 0 radical (unpaired) electrons. The number of allylic oxidation sites excluding steroid dienone is 3. The van der Waals surface area contributed by atoms with Crippen molar-refractivity contribution in [3.8, 4) is 0 Å². The summed E-state index contributed by atoms with van der Waals surface area (Å²) in [5, 5.41) is 54.0. The standard InChI is InChI=1S/C52H99NO8/c1-3-5-7-9-11-13-14-15-16-17-18-19-20-21-22-23-24-25-26-27-28-29-30-31-32-33-34-36-38-40-42-48(56)53-45(46(55)41-39-37-35-12-10-8-6-4-2)44-60-52-51(59)50(58)49(57)47(43-54)61-52/h10,12,39,41,45-47,49-52,54-55,57-59H,3-9,11,13-38,40,42-44H2,1-2H3,(H,53,56)/b12-10+,41-39+. The number of carbonyl (C=O) groups is 1. The summed E-state index contributed by atoms with van der Waals surface area (Å²) in [5.74, 6) is -0.186. The van der Waals surface area contributed by atoms with Crippen LogP contribution in [0.1, 0.15) is 245 Å². The lowest BCUT2D eigenvalue weighted by molar-refractivity contribution is -0.302. The Hall–Kier alpha value is -1.33. The molecule has 0 bridgehead atoms. The van der Waals surface area contributed by atoms with Crippen LogP contribution in [0.3, 0.4) is 0 Å². The van der Waals surface area contributed by atoms with Gasteiger partial charge in [0.05, 0.1) is 25.4 Å². The SMILES string of the molecule is CCCC/C=C/CC/C=C/C(O)C(COC1OC(CO)C(O)C(O)C1O)NC(=O)CCCCCCCCCCCCCCCCCCCCCCCCCCCCCCCC. The molecule has 1 rings (SSSR count). The molecule has 1 saturated heterocycles. The van der Waals surface area contributed by atoms with Gasteiger partial charge in [-0.15, -0.1) is 0 Å². The molecule has 1 fully saturated rings. The van der Waals surface area contributed by atoms with E-state index in [4.69, 9.17) is 9.47 Å². The van der Waals surface area contributed by atoms with Gasteiger partial charge in [0.1, 0.15) is 24.4 Å². The lowest BCUT2D eigenvalue weighted by Crippen LogP contribution is -2.60. The minimum Gasteiger partial charge on any atom is -0.394 e. The van der Waals surface area contributed by atoms with Crippen LogP contribution < -0.4 is 5.32 Å². The van der Waals surface area contributed by atoms with Gasteiger partial charge >= 0.3 is 0 Å². The van der Waals surface area contributed by atoms with E-state index in [1.54, 1.807) is 6.08 Å². The smallest absolute Gasteiger partial charge is 0.220 e. The third kappa shape index (κ3) is 32.9. The van der Waals surface area contributed by atoms with Gasteiger partial charge in [-0.1, -0.05) is 237 Å². The van der Waals surface area contributed by atoms with Gasteiger partial charge in [0.2, 0.25) is 5.91 Å². The van der Waals surface area contributed by atoms with E-state index in [1.165, 1.54) is 180 Å². The van der Waals surface area contributed by atoms with Gasteiger partial charge in [0, 0.05) is 6.42 Å². The van der Waals surface area contributed by atoms with Crippen LogP contribution in [0, 0.1) is 0 Å². The fourth-order valence-electron chi connectivity index (χ4n) is 8.34. The van der Waals surface area contributed by atoms with E-state index in [0.29, 0.717) is 6.42 Å². The normalized spacial score (nSPS) is 20.5. The Balaban J connectivity index is 2.08. The predicted molar refractivity (Wildman–Crippen MR) is 253 cm³/mol. The third-order valence-corrected chi connectivity index (χ3v) is 12.5. The zero-order chi connectivity index (χ0) is 44.4. The van der Waals surface area contributed by atoms with Gasteiger partial charge in [-0.05, 0) is 25.7 Å². The number of aliphatic hydroxyl groups is 5. The number of aliphatic hydroxyl groups excluding tert-OH is 5. The number of hydrogen-bond donors (Lipinski definition) is 6. The topological polar surface area (TPSA) is 149 Å². The van der Waals surface area contributed by atoms with Crippen LogP contribution in [-0.4, -0.2) is 87.5 Å². The summed E-state index contributed by atoms with van der Waals surface area (Å²) in [4.78, 5) is 12.9. The maximum atomic E-state index is 12.9. The maximum absolute atomic E-state index is 12.9. The Kier molecular flexibility index (Phi) is 40.3. The molecule has 9 nitrogen and oxygen atoms in total. The molecule has 0 aromatic carbocycles. The highest BCUT2D eigenvalue weighted by Gasteiger charge is 2.44. The molecule has 9 heteroatoms. The number of hydrogen-bond acceptors (Lipinski definition) is 8. The molecule has 360 valence electrons. The second-order valence-corrected chi connectivity index (χ2v) is 18.3. The quantitative estimate of drug-likeness (QED) is 0.0262. The Morgan fingerprint density at radius 2 is 0.934 bits per heavy atom. The summed E-state index contributed by atoms with van der Waals surface area (Å²) >= 11 is 0. The van der Waals surface area contributed by atoms with Crippen molar-refractivity contribution in [3.63, 3.8) is 0 Å². The van der Waals surface area contributed by atoms with Crippen LogP contribution in [0.5, 0.6) is 0 Å². The molecule has 1 amide bonds. The molecular formula is C52H99NO8. The molecule has 0 aromatic rings. The molecule has 1 heterocycles. The number of unbranched alkanes of at least 4 members (excludes halogenated alkanes) is 32. The Labute approximate surface area is 375 Å². The molecular weight excluding hydrogens is 767 g/mol. The molecule has 7 unspecified atom stereocenters. The highest BCUT2D eigenvalue weighted by molar-refractivity contribution is 5.76. The first-order valence-corrected chi connectivity index (χ1v) is 26.1. The predicted octanol–water partition coefficient (Wildman–Crippen LogP) is 11.8. The van der Waals surface area contributed by atoms with Crippen LogP contribution in [0.4, 0.5) is 0 Å².